The Bertz CT molecular complexity index is 1960. The van der Waals surface area contributed by atoms with Gasteiger partial charge in [-0.3, -0.25) is 24.0 Å². The number of benzene rings is 3. The summed E-state index contributed by atoms with van der Waals surface area (Å²) < 4.78 is 19.7. The molecule has 3 aromatic carbocycles. The molecule has 6 atom stereocenters. The van der Waals surface area contributed by atoms with Crippen LogP contribution in [0.2, 0.25) is 0 Å². The maximum Gasteiger partial charge on any atom is 0.327 e. The molecule has 4 fully saturated rings. The fourth-order valence-electron chi connectivity index (χ4n) is 8.49. The maximum absolute atomic E-state index is 14.7. The van der Waals surface area contributed by atoms with Gasteiger partial charge >= 0.3 is 5.97 Å². The van der Waals surface area contributed by atoms with Crippen LogP contribution in [0.1, 0.15) is 44.6 Å². The summed E-state index contributed by atoms with van der Waals surface area (Å²) in [5.74, 6) is -2.43. The Morgan fingerprint density at radius 2 is 1.68 bits per heavy atom. The summed E-state index contributed by atoms with van der Waals surface area (Å²) in [7, 11) is 3.36. The van der Waals surface area contributed by atoms with E-state index in [2.05, 4.69) is 22.8 Å². The third-order valence-electron chi connectivity index (χ3n) is 10.9. The van der Waals surface area contributed by atoms with Crippen molar-refractivity contribution >= 4 is 29.8 Å². The van der Waals surface area contributed by atoms with Crippen LogP contribution < -0.4 is 10.6 Å². The van der Waals surface area contributed by atoms with Crippen molar-refractivity contribution in [2.45, 2.75) is 68.6 Å². The van der Waals surface area contributed by atoms with Crippen LogP contribution in [0.25, 0.3) is 6.08 Å². The van der Waals surface area contributed by atoms with Crippen molar-refractivity contribution in [2.75, 3.05) is 27.2 Å². The van der Waals surface area contributed by atoms with Crippen molar-refractivity contribution in [1.29, 1.82) is 0 Å². The third-order valence-corrected chi connectivity index (χ3v) is 10.9. The van der Waals surface area contributed by atoms with E-state index in [4.69, 9.17) is 24.2 Å². The van der Waals surface area contributed by atoms with Crippen molar-refractivity contribution in [1.82, 2.24) is 20.6 Å². The monoisotopic (exact) mass is 722 g/mol. The molecule has 1 saturated carbocycles. The predicted molar refractivity (Wildman–Crippen MR) is 189 cm³/mol. The highest BCUT2D eigenvalue weighted by Crippen LogP contribution is 2.58. The summed E-state index contributed by atoms with van der Waals surface area (Å²) >= 11 is 0. The Morgan fingerprint density at radius 1 is 0.943 bits per heavy atom. The molecule has 53 heavy (non-hydrogen) atoms. The lowest BCUT2D eigenvalue weighted by Gasteiger charge is -2.48. The molecule has 0 radical (unpaired) electrons. The number of aliphatic hydroxyl groups is 1. The molecule has 5 aliphatic rings. The molecule has 3 N–H and O–H groups in total. The molecule has 6 unspecified atom stereocenters. The van der Waals surface area contributed by atoms with Gasteiger partial charge in [0, 0.05) is 58.1 Å². The third kappa shape index (κ3) is 6.32. The summed E-state index contributed by atoms with van der Waals surface area (Å²) in [5, 5.41) is 16.4. The summed E-state index contributed by atoms with van der Waals surface area (Å²) in [6.45, 7) is 0.182. The quantitative estimate of drug-likeness (QED) is 0.209. The Balaban J connectivity index is 1.10. The van der Waals surface area contributed by atoms with Crippen LogP contribution in [0.4, 0.5) is 0 Å². The summed E-state index contributed by atoms with van der Waals surface area (Å²) in [6, 6.07) is 21.4. The number of carbonyl (C=O) groups is 4. The van der Waals surface area contributed by atoms with Gasteiger partial charge in [-0.2, -0.15) is 5.06 Å². The Kier molecular flexibility index (Phi) is 9.15. The van der Waals surface area contributed by atoms with E-state index in [-0.39, 0.29) is 50.4 Å². The summed E-state index contributed by atoms with van der Waals surface area (Å²) in [5.41, 5.74) is 3.53. The minimum absolute atomic E-state index is 0.0889. The number of aliphatic hydroxyl groups excluding tert-OH is 1. The lowest BCUT2D eigenvalue weighted by molar-refractivity contribution is -0.217. The number of hydroxylamine groups is 2. The first-order chi connectivity index (χ1) is 25.6. The SMILES string of the molecule is CN(C)C(=O)C=Cc1cccc(CN2OC3C4OC5(Cc6ccccc6C5)OC4C4CC3(C(=O)NCc3cccc(C(=O)NCCO)c3)C2C(=O)O4)c1. The molecule has 0 aromatic heterocycles. The smallest absolute Gasteiger partial charge is 0.327 e. The average molecular weight is 723 g/mol. The lowest BCUT2D eigenvalue weighted by atomic mass is 9.62. The van der Waals surface area contributed by atoms with E-state index in [0.717, 1.165) is 22.3 Å². The molecule has 13 nitrogen and oxygen atoms in total. The Labute approximate surface area is 306 Å². The molecule has 1 spiro atoms. The molecule has 2 aliphatic carbocycles. The minimum atomic E-state index is -1.38. The van der Waals surface area contributed by atoms with E-state index in [1.165, 1.54) is 11.0 Å². The van der Waals surface area contributed by atoms with Crippen LogP contribution in [0.5, 0.6) is 0 Å². The number of nitrogens with one attached hydrogen (secondary N) is 2. The van der Waals surface area contributed by atoms with Crippen LogP contribution in [-0.4, -0.2) is 102 Å². The van der Waals surface area contributed by atoms with E-state index < -0.39 is 47.6 Å². The molecular formula is C40H42N4O9. The summed E-state index contributed by atoms with van der Waals surface area (Å²) in [4.78, 5) is 61.8. The van der Waals surface area contributed by atoms with Crippen LogP contribution in [0.15, 0.2) is 78.9 Å². The van der Waals surface area contributed by atoms with Crippen molar-refractivity contribution in [3.8, 4) is 0 Å². The van der Waals surface area contributed by atoms with E-state index in [1.54, 1.807) is 49.5 Å². The second-order valence-corrected chi connectivity index (χ2v) is 14.6. The first-order valence-electron chi connectivity index (χ1n) is 17.9. The van der Waals surface area contributed by atoms with Gasteiger partial charge < -0.3 is 34.9 Å². The number of esters is 1. The first kappa shape index (κ1) is 35.1. The number of ether oxygens (including phenoxy) is 3. The fraction of sp³-hybridized carbons (Fsp3) is 0.400. The number of hydrogen-bond acceptors (Lipinski definition) is 10. The molecule has 3 aromatic rings. The van der Waals surface area contributed by atoms with Gasteiger partial charge in [0.25, 0.3) is 5.91 Å². The van der Waals surface area contributed by atoms with E-state index in [1.807, 2.05) is 36.4 Å². The Morgan fingerprint density at radius 3 is 2.43 bits per heavy atom. The first-order valence-corrected chi connectivity index (χ1v) is 17.9. The highest BCUT2D eigenvalue weighted by molar-refractivity contribution is 5.95. The molecule has 276 valence electrons. The van der Waals surface area contributed by atoms with Gasteiger partial charge in [-0.25, -0.2) is 0 Å². The van der Waals surface area contributed by atoms with E-state index in [9.17, 15) is 19.2 Å². The highest BCUT2D eigenvalue weighted by atomic mass is 16.8. The zero-order valence-corrected chi connectivity index (χ0v) is 29.5. The van der Waals surface area contributed by atoms with E-state index >= 15 is 0 Å². The Hall–Kier alpha value is -4.92. The normalized spacial score (nSPS) is 27.7. The predicted octanol–water partition coefficient (Wildman–Crippen LogP) is 1.91. The number of likely N-dealkylation sites (N-methyl/N-ethyl adjacent to an activating group) is 1. The standard InChI is InChI=1S/C40H42N4O9/c1-43(2)31(46)14-13-24-7-5-9-26(17-24)23-44-34-37(48)50-30-21-40(34,38(49)42-22-25-8-6-12-27(18-25)36(47)41-15-16-45)35(53-44)33-32(30)51-39(52-33)19-28-10-3-4-11-29(28)20-39/h3-14,17-18,30,32-35,45H,15-16,19-23H2,1-2H3,(H,41,47)(H,42,49). The van der Waals surface area contributed by atoms with E-state index in [0.29, 0.717) is 24.0 Å². The van der Waals surface area contributed by atoms with Crippen molar-refractivity contribution in [3.05, 3.63) is 112 Å². The van der Waals surface area contributed by atoms with Crippen molar-refractivity contribution in [2.24, 2.45) is 5.41 Å². The topological polar surface area (TPSA) is 156 Å². The number of fused-ring (bicyclic) bond motifs is 5. The molecule has 8 rings (SSSR count). The van der Waals surface area contributed by atoms with Gasteiger partial charge in [0.15, 0.2) is 11.8 Å². The average Bonchev–Trinajstić information content (AvgIpc) is 3.83. The molecular weight excluding hydrogens is 680 g/mol. The second-order valence-electron chi connectivity index (χ2n) is 14.6. The zero-order chi connectivity index (χ0) is 36.9. The number of nitrogens with zero attached hydrogens (tertiary/aromatic N) is 2. The number of amides is 3. The van der Waals surface area contributed by atoms with Gasteiger partial charge in [-0.05, 0) is 46.0 Å². The second kappa shape index (κ2) is 13.8. The molecule has 3 aliphatic heterocycles. The van der Waals surface area contributed by atoms with Crippen LogP contribution in [0.3, 0.4) is 0 Å². The van der Waals surface area contributed by atoms with Gasteiger partial charge in [-0.15, -0.1) is 0 Å². The molecule has 2 bridgehead atoms. The van der Waals surface area contributed by atoms with Crippen LogP contribution in [0, 0.1) is 5.41 Å². The van der Waals surface area contributed by atoms with Gasteiger partial charge in [0.2, 0.25) is 11.8 Å². The van der Waals surface area contributed by atoms with Gasteiger partial charge in [0.05, 0.1) is 13.2 Å². The van der Waals surface area contributed by atoms with Crippen LogP contribution >= 0.6 is 0 Å². The number of carbonyl (C=O) groups excluding carboxylic acids is 4. The van der Waals surface area contributed by atoms with Crippen LogP contribution in [-0.2, 0) is 59.4 Å². The molecule has 3 saturated heterocycles. The molecule has 3 heterocycles. The van der Waals surface area contributed by atoms with Crippen molar-refractivity contribution < 1.29 is 43.3 Å². The zero-order valence-electron chi connectivity index (χ0n) is 29.5. The number of hydrogen-bond donors (Lipinski definition) is 3. The molecule has 13 heteroatoms. The van der Waals surface area contributed by atoms with Crippen molar-refractivity contribution in [3.63, 3.8) is 0 Å². The van der Waals surface area contributed by atoms with Gasteiger partial charge in [0.1, 0.15) is 29.8 Å². The number of rotatable bonds is 10. The summed E-state index contributed by atoms with van der Waals surface area (Å²) in [6.07, 6.45) is 1.47. The minimum Gasteiger partial charge on any atom is -0.458 e. The fourth-order valence-corrected chi connectivity index (χ4v) is 8.49. The maximum atomic E-state index is 14.7. The highest BCUT2D eigenvalue weighted by Gasteiger charge is 2.76. The van der Waals surface area contributed by atoms with Gasteiger partial charge in [-0.1, -0.05) is 60.7 Å². The largest absolute Gasteiger partial charge is 0.458 e. The molecule has 3 amide bonds. The lowest BCUT2D eigenvalue weighted by Crippen LogP contribution is -2.69.